The van der Waals surface area contributed by atoms with Gasteiger partial charge in [-0.1, -0.05) is 33.0 Å². The number of benzene rings is 2. The number of halogens is 8. The molecule has 14 heteroatoms. The van der Waals surface area contributed by atoms with Crippen LogP contribution in [0.5, 0.6) is 5.75 Å². The standard InChI is InChI=1S/C19H8Cl2F6N4OS/c1-30(10-2-4-11(32)5-3-10)17-16(33-19(25,26)27)14(8-28)29-31(17)15-12(20)6-9(7-13(15)21)18(22,23)24/h2-7H,1H2/p+1. The second kappa shape index (κ2) is 8.81. The van der Waals surface area contributed by atoms with Crippen LogP contribution in [0.1, 0.15) is 11.3 Å². The van der Waals surface area contributed by atoms with Gasteiger partial charge in [-0.3, -0.25) is 0 Å². The van der Waals surface area contributed by atoms with E-state index in [1.807, 2.05) is 0 Å². The van der Waals surface area contributed by atoms with E-state index in [4.69, 9.17) is 23.2 Å². The van der Waals surface area contributed by atoms with Crippen molar-refractivity contribution < 1.29 is 31.4 Å². The molecule has 3 rings (SSSR count). The molecule has 1 N–H and O–H groups in total. The molecule has 0 fully saturated rings. The van der Waals surface area contributed by atoms with Crippen LogP contribution in [0.3, 0.4) is 0 Å². The number of aromatic nitrogens is 2. The predicted molar refractivity (Wildman–Crippen MR) is 112 cm³/mol. The first-order chi connectivity index (χ1) is 15.2. The fourth-order valence-corrected chi connectivity index (χ4v) is 4.11. The smallest absolute Gasteiger partial charge is 0.446 e. The van der Waals surface area contributed by atoms with E-state index < -0.39 is 55.5 Å². The van der Waals surface area contributed by atoms with Crippen molar-refractivity contribution in [2.75, 3.05) is 0 Å². The lowest BCUT2D eigenvalue weighted by Crippen LogP contribution is -2.11. The van der Waals surface area contributed by atoms with Crippen molar-refractivity contribution >= 4 is 53.2 Å². The van der Waals surface area contributed by atoms with Crippen LogP contribution < -0.4 is 4.58 Å². The van der Waals surface area contributed by atoms with Crippen LogP contribution in [0.2, 0.25) is 10.0 Å². The summed E-state index contributed by atoms with van der Waals surface area (Å²) < 4.78 is 80.8. The third kappa shape index (κ3) is 5.21. The third-order valence-electron chi connectivity index (χ3n) is 4.12. The monoisotopic (exact) mass is 525 g/mol. The van der Waals surface area contributed by atoms with Gasteiger partial charge in [-0.25, -0.2) is 4.58 Å². The van der Waals surface area contributed by atoms with Crippen LogP contribution in [0.4, 0.5) is 37.8 Å². The Morgan fingerprint density at radius 1 is 1.06 bits per heavy atom. The summed E-state index contributed by atoms with van der Waals surface area (Å²) >= 11 is 11.4. The maximum Gasteiger partial charge on any atom is 0.446 e. The molecular formula is C19H9Cl2F6N4OS+. The van der Waals surface area contributed by atoms with Crippen molar-refractivity contribution in [1.29, 1.82) is 5.26 Å². The van der Waals surface area contributed by atoms with Crippen molar-refractivity contribution in [2.24, 2.45) is 0 Å². The quantitative estimate of drug-likeness (QED) is 0.174. The summed E-state index contributed by atoms with van der Waals surface area (Å²) in [6, 6.07) is 7.67. The predicted octanol–water partition coefficient (Wildman–Crippen LogP) is 6.92. The molecule has 33 heavy (non-hydrogen) atoms. The molecule has 0 saturated carbocycles. The highest BCUT2D eigenvalue weighted by Crippen LogP contribution is 2.46. The Hall–Kier alpha value is -2.88. The van der Waals surface area contributed by atoms with E-state index in [-0.39, 0.29) is 17.1 Å². The molecule has 1 aromatic heterocycles. The number of thioether (sulfide) groups is 1. The first-order valence-electron chi connectivity index (χ1n) is 8.48. The van der Waals surface area contributed by atoms with Crippen LogP contribution in [0.25, 0.3) is 5.69 Å². The molecule has 1 heterocycles. The molecule has 0 aliphatic rings. The zero-order chi connectivity index (χ0) is 24.7. The fourth-order valence-electron chi connectivity index (χ4n) is 2.76. The summed E-state index contributed by atoms with van der Waals surface area (Å²) in [5.74, 6) is -0.583. The summed E-state index contributed by atoms with van der Waals surface area (Å²) in [6.07, 6.45) is -4.79. The van der Waals surface area contributed by atoms with Gasteiger partial charge in [0, 0.05) is 0 Å². The topological polar surface area (TPSA) is 64.8 Å². The molecule has 0 amide bonds. The van der Waals surface area contributed by atoms with Gasteiger partial charge in [0.25, 0.3) is 0 Å². The summed E-state index contributed by atoms with van der Waals surface area (Å²) in [5, 5.41) is 21.5. The fraction of sp³-hybridized carbons (Fsp3) is 0.105. The van der Waals surface area contributed by atoms with Gasteiger partial charge in [-0.05, 0) is 48.2 Å². The molecule has 0 atom stereocenters. The molecule has 0 radical (unpaired) electrons. The van der Waals surface area contributed by atoms with Gasteiger partial charge >= 0.3 is 17.5 Å². The summed E-state index contributed by atoms with van der Waals surface area (Å²) in [4.78, 5) is -0.680. The van der Waals surface area contributed by atoms with Crippen LogP contribution in [-0.4, -0.2) is 27.1 Å². The van der Waals surface area contributed by atoms with Crippen molar-refractivity contribution in [3.05, 3.63) is 57.7 Å². The van der Waals surface area contributed by atoms with Crippen LogP contribution in [0, 0.1) is 11.3 Å². The Morgan fingerprint density at radius 3 is 2.06 bits per heavy atom. The van der Waals surface area contributed by atoms with E-state index in [9.17, 15) is 36.7 Å². The molecule has 0 unspecified atom stereocenters. The Bertz CT molecular complexity index is 1260. The SMILES string of the molecule is C=[N+](c1ccc(O)cc1)c1c(SC(F)(F)F)c(C#N)nn1-c1c(Cl)cc(C(F)(F)F)cc1Cl. The minimum absolute atomic E-state index is 0.142. The Morgan fingerprint density at radius 2 is 1.61 bits per heavy atom. The first-order valence-corrected chi connectivity index (χ1v) is 10.1. The Kier molecular flexibility index (Phi) is 6.61. The second-order valence-corrected chi connectivity index (χ2v) is 8.19. The average Bonchev–Trinajstić information content (AvgIpc) is 3.02. The first kappa shape index (κ1) is 24.8. The minimum Gasteiger partial charge on any atom is -0.508 e. The van der Waals surface area contributed by atoms with Crippen molar-refractivity contribution in [1.82, 2.24) is 14.4 Å². The lowest BCUT2D eigenvalue weighted by Gasteiger charge is -2.12. The molecular weight excluding hydrogens is 517 g/mol. The number of rotatable bonds is 4. The number of hydrogen-bond acceptors (Lipinski definition) is 4. The highest BCUT2D eigenvalue weighted by Gasteiger charge is 2.41. The molecule has 0 aliphatic heterocycles. The Labute approximate surface area is 196 Å². The molecule has 0 spiro atoms. The van der Waals surface area contributed by atoms with Crippen LogP contribution in [0.15, 0.2) is 41.3 Å². The molecule has 0 saturated heterocycles. The number of phenolic OH excluding ortho intramolecular Hbond substituents is 1. The lowest BCUT2D eigenvalue weighted by atomic mass is 10.2. The van der Waals surface area contributed by atoms with Crippen molar-refractivity contribution in [3.63, 3.8) is 0 Å². The number of nitriles is 1. The van der Waals surface area contributed by atoms with Gasteiger partial charge in [0.1, 0.15) is 22.4 Å². The highest BCUT2D eigenvalue weighted by molar-refractivity contribution is 8.00. The summed E-state index contributed by atoms with van der Waals surface area (Å²) in [6.45, 7) is 3.68. The molecule has 2 aromatic carbocycles. The van der Waals surface area contributed by atoms with Crippen molar-refractivity contribution in [2.45, 2.75) is 16.6 Å². The normalized spacial score (nSPS) is 12.0. The van der Waals surface area contributed by atoms with Gasteiger partial charge in [0.15, 0.2) is 5.69 Å². The van der Waals surface area contributed by atoms with Crippen molar-refractivity contribution in [3.8, 4) is 17.5 Å². The summed E-state index contributed by atoms with van der Waals surface area (Å²) in [7, 11) is 0. The molecule has 0 aliphatic carbocycles. The van der Waals surface area contributed by atoms with E-state index in [1.54, 1.807) is 0 Å². The van der Waals surface area contributed by atoms with Gasteiger partial charge < -0.3 is 5.11 Å². The molecule has 5 nitrogen and oxygen atoms in total. The second-order valence-electron chi connectivity index (χ2n) is 6.30. The molecule has 3 aromatic rings. The molecule has 0 bridgehead atoms. The molecule has 172 valence electrons. The summed E-state index contributed by atoms with van der Waals surface area (Å²) in [5.41, 5.74) is -6.96. The zero-order valence-electron chi connectivity index (χ0n) is 15.8. The maximum atomic E-state index is 13.3. The zero-order valence-corrected chi connectivity index (χ0v) is 18.2. The maximum absolute atomic E-state index is 13.3. The van der Waals surface area contributed by atoms with E-state index in [0.717, 1.165) is 9.26 Å². The third-order valence-corrected chi connectivity index (χ3v) is 5.50. The van der Waals surface area contributed by atoms with Crippen LogP contribution >= 0.6 is 35.0 Å². The van der Waals surface area contributed by atoms with Gasteiger partial charge in [-0.15, -0.1) is 0 Å². The van der Waals surface area contributed by atoms with E-state index in [1.165, 1.54) is 30.3 Å². The van der Waals surface area contributed by atoms with Gasteiger partial charge in [0.05, 0.1) is 22.3 Å². The number of phenols is 1. The van der Waals surface area contributed by atoms with Gasteiger partial charge in [0.2, 0.25) is 5.69 Å². The number of hydrogen-bond donors (Lipinski definition) is 1. The van der Waals surface area contributed by atoms with Gasteiger partial charge in [-0.2, -0.15) is 31.6 Å². The number of alkyl halides is 6. The largest absolute Gasteiger partial charge is 0.508 e. The Balaban J connectivity index is 2.34. The van der Waals surface area contributed by atoms with Crippen LogP contribution in [-0.2, 0) is 6.18 Å². The minimum atomic E-state index is -4.85. The number of nitrogens with zero attached hydrogens (tertiary/aromatic N) is 4. The van der Waals surface area contributed by atoms with E-state index in [0.29, 0.717) is 12.1 Å². The lowest BCUT2D eigenvalue weighted by molar-refractivity contribution is -0.137. The van der Waals surface area contributed by atoms with E-state index in [2.05, 4.69) is 11.8 Å². The number of aromatic hydroxyl groups is 1. The highest BCUT2D eigenvalue weighted by atomic mass is 35.5. The average molecular weight is 526 g/mol. The van der Waals surface area contributed by atoms with E-state index >= 15 is 0 Å².